The second-order valence-electron chi connectivity index (χ2n) is 8.39. The number of carbonyl (C=O) groups excluding carboxylic acids is 1. The predicted octanol–water partition coefficient (Wildman–Crippen LogP) is 3.78. The summed E-state index contributed by atoms with van der Waals surface area (Å²) in [6.07, 6.45) is 8.36. The van der Waals surface area contributed by atoms with Crippen molar-refractivity contribution >= 4 is 5.78 Å². The Morgan fingerprint density at radius 3 is 2.63 bits per heavy atom. The number of carbonyl (C=O) groups is 1. The molecule has 0 unspecified atom stereocenters. The van der Waals surface area contributed by atoms with Crippen LogP contribution in [-0.4, -0.2) is 30.6 Å². The monoisotopic (exact) mass is 400 g/mol. The third-order valence-electron chi connectivity index (χ3n) is 6.99. The highest BCUT2D eigenvalue weighted by atomic mass is 16.2. The first-order valence-corrected chi connectivity index (χ1v) is 10.3. The van der Waals surface area contributed by atoms with Gasteiger partial charge in [0.25, 0.3) is 0 Å². The standard InChI is InChI=1S/C24H24N4O2/c1-15-20-9-8-19-21(17-11-25-14-26-12-17)28(2)27-23(19)24(20,10-16(13-29)22(15)30)18-6-4-3-5-7-18/h3-7,11-15,20,29H,8-10H2,1-2H3/t15-,20-,24+/m0/s1. The summed E-state index contributed by atoms with van der Waals surface area (Å²) in [7, 11) is 1.95. The summed E-state index contributed by atoms with van der Waals surface area (Å²) in [4.78, 5) is 21.3. The van der Waals surface area contributed by atoms with Gasteiger partial charge in [-0.25, -0.2) is 9.97 Å². The van der Waals surface area contributed by atoms with Crippen molar-refractivity contribution in [3.05, 3.63) is 77.7 Å². The number of aryl methyl sites for hydroxylation is 1. The molecule has 0 amide bonds. The van der Waals surface area contributed by atoms with Gasteiger partial charge in [-0.3, -0.25) is 9.48 Å². The summed E-state index contributed by atoms with van der Waals surface area (Å²) < 4.78 is 1.92. The first-order valence-electron chi connectivity index (χ1n) is 10.3. The van der Waals surface area contributed by atoms with Crippen LogP contribution in [0.4, 0.5) is 0 Å². The van der Waals surface area contributed by atoms with Gasteiger partial charge in [0.05, 0.1) is 17.6 Å². The van der Waals surface area contributed by atoms with E-state index < -0.39 is 5.41 Å². The number of rotatable bonds is 2. The molecule has 30 heavy (non-hydrogen) atoms. The lowest BCUT2D eigenvalue weighted by Gasteiger charge is -2.49. The molecule has 152 valence electrons. The summed E-state index contributed by atoms with van der Waals surface area (Å²) in [6, 6.07) is 10.3. The topological polar surface area (TPSA) is 80.9 Å². The fourth-order valence-electron chi connectivity index (χ4n) is 5.72. The van der Waals surface area contributed by atoms with Crippen LogP contribution in [0.5, 0.6) is 0 Å². The molecule has 5 rings (SSSR count). The Bertz CT molecular complexity index is 1140. The van der Waals surface area contributed by atoms with E-state index in [0.29, 0.717) is 12.0 Å². The molecular weight excluding hydrogens is 376 g/mol. The molecule has 6 heteroatoms. The number of aliphatic hydroxyl groups is 1. The Balaban J connectivity index is 1.80. The van der Waals surface area contributed by atoms with Gasteiger partial charge in [-0.15, -0.1) is 0 Å². The minimum Gasteiger partial charge on any atom is -0.515 e. The first kappa shape index (κ1) is 18.7. The number of hydrogen-bond acceptors (Lipinski definition) is 5. The van der Waals surface area contributed by atoms with E-state index >= 15 is 0 Å². The highest BCUT2D eigenvalue weighted by molar-refractivity contribution is 5.98. The number of nitrogens with zero attached hydrogens (tertiary/aromatic N) is 4. The average Bonchev–Trinajstić information content (AvgIpc) is 3.13. The molecule has 0 radical (unpaired) electrons. The third-order valence-corrected chi connectivity index (χ3v) is 6.99. The Morgan fingerprint density at radius 2 is 1.93 bits per heavy atom. The molecule has 3 aromatic rings. The van der Waals surface area contributed by atoms with Crippen molar-refractivity contribution in [2.75, 3.05) is 0 Å². The van der Waals surface area contributed by atoms with Gasteiger partial charge in [-0.05, 0) is 30.7 Å². The molecule has 2 heterocycles. The second-order valence-corrected chi connectivity index (χ2v) is 8.39. The van der Waals surface area contributed by atoms with Crippen LogP contribution in [0.15, 0.2) is 60.9 Å². The predicted molar refractivity (Wildman–Crippen MR) is 113 cm³/mol. The van der Waals surface area contributed by atoms with E-state index in [1.165, 1.54) is 11.9 Å². The molecule has 1 aromatic carbocycles. The molecule has 6 nitrogen and oxygen atoms in total. The summed E-state index contributed by atoms with van der Waals surface area (Å²) in [5, 5.41) is 14.9. The summed E-state index contributed by atoms with van der Waals surface area (Å²) in [5.74, 6) is -0.0143. The quantitative estimate of drug-likeness (QED) is 0.523. The molecule has 2 aromatic heterocycles. The highest BCUT2D eigenvalue weighted by Crippen LogP contribution is 2.56. The van der Waals surface area contributed by atoms with Gasteiger partial charge in [0.1, 0.15) is 6.33 Å². The van der Waals surface area contributed by atoms with Crippen LogP contribution in [0.3, 0.4) is 0 Å². The van der Waals surface area contributed by atoms with Crippen LogP contribution in [-0.2, 0) is 23.7 Å². The molecule has 0 bridgehead atoms. The molecule has 2 aliphatic rings. The lowest BCUT2D eigenvalue weighted by molar-refractivity contribution is -0.123. The van der Waals surface area contributed by atoms with E-state index in [1.807, 2.05) is 49.2 Å². The Morgan fingerprint density at radius 1 is 1.20 bits per heavy atom. The zero-order chi connectivity index (χ0) is 20.9. The van der Waals surface area contributed by atoms with E-state index in [2.05, 4.69) is 22.1 Å². The minimum absolute atomic E-state index is 0.0464. The van der Waals surface area contributed by atoms with Crippen molar-refractivity contribution in [1.82, 2.24) is 19.7 Å². The van der Waals surface area contributed by atoms with Crippen LogP contribution in [0, 0.1) is 11.8 Å². The molecule has 0 spiro atoms. The molecule has 0 saturated heterocycles. The van der Waals surface area contributed by atoms with Crippen LogP contribution in [0.1, 0.15) is 36.6 Å². The Kier molecular flexibility index (Phi) is 4.31. The normalized spacial score (nSPS) is 27.0. The maximum absolute atomic E-state index is 12.9. The number of aromatic nitrogens is 4. The SMILES string of the molecule is C[C@@H]1C(=O)C(=CO)C[C@]2(c3ccccc3)c3nn(C)c(-c4cncnc4)c3CC[C@@H]12. The van der Waals surface area contributed by atoms with Crippen molar-refractivity contribution in [3.63, 3.8) is 0 Å². The largest absolute Gasteiger partial charge is 0.515 e. The molecule has 0 aliphatic heterocycles. The molecule has 1 fully saturated rings. The van der Waals surface area contributed by atoms with Gasteiger partial charge in [0.15, 0.2) is 5.78 Å². The molecule has 1 N–H and O–H groups in total. The van der Waals surface area contributed by atoms with Crippen molar-refractivity contribution in [2.24, 2.45) is 18.9 Å². The van der Waals surface area contributed by atoms with E-state index in [9.17, 15) is 9.90 Å². The van der Waals surface area contributed by atoms with Crippen LogP contribution in [0.25, 0.3) is 11.3 Å². The van der Waals surface area contributed by atoms with E-state index in [-0.39, 0.29) is 17.6 Å². The number of allylic oxidation sites excluding steroid dienone is 1. The third kappa shape index (κ3) is 2.49. The average molecular weight is 400 g/mol. The Labute approximate surface area is 175 Å². The van der Waals surface area contributed by atoms with Gasteiger partial charge in [-0.2, -0.15) is 5.10 Å². The van der Waals surface area contributed by atoms with Gasteiger partial charge in [-0.1, -0.05) is 37.3 Å². The summed E-state index contributed by atoms with van der Waals surface area (Å²) in [6.45, 7) is 1.99. The fraction of sp³-hybridized carbons (Fsp3) is 0.333. The number of ketones is 1. The fourth-order valence-corrected chi connectivity index (χ4v) is 5.72. The zero-order valence-electron chi connectivity index (χ0n) is 17.1. The molecule has 1 saturated carbocycles. The van der Waals surface area contributed by atoms with E-state index in [4.69, 9.17) is 5.10 Å². The van der Waals surface area contributed by atoms with Crippen molar-refractivity contribution < 1.29 is 9.90 Å². The molecule has 2 aliphatic carbocycles. The van der Waals surface area contributed by atoms with Gasteiger partial charge in [0.2, 0.25) is 0 Å². The number of fused-ring (bicyclic) bond motifs is 3. The minimum atomic E-state index is -0.456. The number of Topliss-reactive ketones (excluding diaryl/α,β-unsaturated/α-hetero) is 1. The second kappa shape index (κ2) is 6.90. The van der Waals surface area contributed by atoms with Gasteiger partial charge in [0, 0.05) is 47.5 Å². The zero-order valence-corrected chi connectivity index (χ0v) is 17.1. The van der Waals surface area contributed by atoms with Crippen LogP contribution in [0.2, 0.25) is 0 Å². The first-order chi connectivity index (χ1) is 14.6. The maximum atomic E-state index is 12.9. The number of hydrogen-bond donors (Lipinski definition) is 1. The molecule has 3 atom stereocenters. The van der Waals surface area contributed by atoms with Crippen molar-refractivity contribution in [2.45, 2.75) is 31.6 Å². The lowest BCUT2D eigenvalue weighted by atomic mass is 9.52. The van der Waals surface area contributed by atoms with Crippen LogP contribution < -0.4 is 0 Å². The van der Waals surface area contributed by atoms with Gasteiger partial charge >= 0.3 is 0 Å². The molecular formula is C24H24N4O2. The Hall–Kier alpha value is -3.28. The summed E-state index contributed by atoms with van der Waals surface area (Å²) >= 11 is 0. The smallest absolute Gasteiger partial charge is 0.165 e. The highest BCUT2D eigenvalue weighted by Gasteiger charge is 2.55. The number of aliphatic hydroxyl groups excluding tert-OH is 1. The van der Waals surface area contributed by atoms with Crippen molar-refractivity contribution in [3.8, 4) is 11.3 Å². The van der Waals surface area contributed by atoms with Crippen LogP contribution >= 0.6 is 0 Å². The van der Waals surface area contributed by atoms with Gasteiger partial charge < -0.3 is 5.11 Å². The lowest BCUT2D eigenvalue weighted by Crippen LogP contribution is -2.50. The maximum Gasteiger partial charge on any atom is 0.165 e. The van der Waals surface area contributed by atoms with E-state index in [1.54, 1.807) is 0 Å². The summed E-state index contributed by atoms with van der Waals surface area (Å²) in [5.41, 5.74) is 5.32. The van der Waals surface area contributed by atoms with E-state index in [0.717, 1.165) is 41.6 Å². The van der Waals surface area contributed by atoms with Crippen molar-refractivity contribution in [1.29, 1.82) is 0 Å². The number of benzene rings is 1.